The van der Waals surface area contributed by atoms with E-state index in [4.69, 9.17) is 4.74 Å². The normalized spacial score (nSPS) is 22.3. The molecule has 3 aliphatic heterocycles. The second-order valence-electron chi connectivity index (χ2n) is 8.37. The van der Waals surface area contributed by atoms with E-state index in [2.05, 4.69) is 10.6 Å². The highest BCUT2D eigenvalue weighted by Crippen LogP contribution is 2.33. The number of fused-ring (bicyclic) bond motifs is 2. The SMILES string of the molecule is CSc1ccc(-c2ccc3c(c2)C(=O)N2CCC(NC(=O)N4CCOCC4)C2C(=O)N3)cc1. The number of rotatable bonds is 3. The first-order chi connectivity index (χ1) is 16.0. The molecular weight excluding hydrogens is 440 g/mol. The highest BCUT2D eigenvalue weighted by atomic mass is 32.2. The van der Waals surface area contributed by atoms with Crippen LogP contribution >= 0.6 is 11.8 Å². The Morgan fingerprint density at radius 2 is 1.79 bits per heavy atom. The lowest BCUT2D eigenvalue weighted by Crippen LogP contribution is -2.55. The summed E-state index contributed by atoms with van der Waals surface area (Å²) in [5.41, 5.74) is 2.89. The number of benzene rings is 2. The van der Waals surface area contributed by atoms with E-state index >= 15 is 0 Å². The number of urea groups is 1. The lowest BCUT2D eigenvalue weighted by atomic mass is 10.0. The van der Waals surface area contributed by atoms with Gasteiger partial charge in [0.25, 0.3) is 5.91 Å². The molecule has 172 valence electrons. The molecule has 2 saturated heterocycles. The van der Waals surface area contributed by atoms with Gasteiger partial charge in [-0.2, -0.15) is 0 Å². The fourth-order valence-electron chi connectivity index (χ4n) is 4.67. The molecule has 5 rings (SSSR count). The average Bonchev–Trinajstić information content (AvgIpc) is 3.23. The molecule has 8 nitrogen and oxygen atoms in total. The van der Waals surface area contributed by atoms with E-state index in [1.54, 1.807) is 27.6 Å². The van der Waals surface area contributed by atoms with Crippen molar-refractivity contribution in [2.24, 2.45) is 0 Å². The molecule has 0 radical (unpaired) electrons. The quantitative estimate of drug-likeness (QED) is 0.679. The Morgan fingerprint density at radius 3 is 2.52 bits per heavy atom. The molecule has 2 unspecified atom stereocenters. The van der Waals surface area contributed by atoms with Crippen molar-refractivity contribution in [1.82, 2.24) is 15.1 Å². The van der Waals surface area contributed by atoms with Crippen LogP contribution in [0.5, 0.6) is 0 Å². The predicted molar refractivity (Wildman–Crippen MR) is 126 cm³/mol. The number of nitrogens with zero attached hydrogens (tertiary/aromatic N) is 2. The summed E-state index contributed by atoms with van der Waals surface area (Å²) < 4.78 is 5.30. The first-order valence-electron chi connectivity index (χ1n) is 11.1. The monoisotopic (exact) mass is 466 g/mol. The van der Waals surface area contributed by atoms with Crippen LogP contribution in [0.4, 0.5) is 10.5 Å². The molecule has 3 heterocycles. The van der Waals surface area contributed by atoms with E-state index in [0.29, 0.717) is 50.5 Å². The van der Waals surface area contributed by atoms with Crippen LogP contribution in [0.2, 0.25) is 0 Å². The zero-order chi connectivity index (χ0) is 22.9. The minimum absolute atomic E-state index is 0.195. The highest BCUT2D eigenvalue weighted by molar-refractivity contribution is 7.98. The second-order valence-corrected chi connectivity index (χ2v) is 9.25. The van der Waals surface area contributed by atoms with Gasteiger partial charge < -0.3 is 25.2 Å². The summed E-state index contributed by atoms with van der Waals surface area (Å²) in [4.78, 5) is 43.7. The number of amides is 4. The largest absolute Gasteiger partial charge is 0.378 e. The summed E-state index contributed by atoms with van der Waals surface area (Å²) in [6.45, 7) is 2.46. The summed E-state index contributed by atoms with van der Waals surface area (Å²) in [5, 5.41) is 5.89. The number of hydrogen-bond donors (Lipinski definition) is 2. The van der Waals surface area contributed by atoms with Crippen LogP contribution in [0.25, 0.3) is 11.1 Å². The van der Waals surface area contributed by atoms with Gasteiger partial charge in [0.05, 0.1) is 30.5 Å². The van der Waals surface area contributed by atoms with Crippen LogP contribution in [0, 0.1) is 0 Å². The maximum Gasteiger partial charge on any atom is 0.317 e. The van der Waals surface area contributed by atoms with E-state index in [1.165, 1.54) is 4.90 Å². The molecule has 33 heavy (non-hydrogen) atoms. The minimum atomic E-state index is -0.737. The summed E-state index contributed by atoms with van der Waals surface area (Å²) in [6.07, 6.45) is 2.56. The molecule has 2 aromatic carbocycles. The smallest absolute Gasteiger partial charge is 0.317 e. The molecule has 2 aromatic rings. The predicted octanol–water partition coefficient (Wildman–Crippen LogP) is 2.65. The number of carbonyl (C=O) groups excluding carboxylic acids is 3. The van der Waals surface area contributed by atoms with Gasteiger partial charge in [0.1, 0.15) is 6.04 Å². The molecule has 2 N–H and O–H groups in total. The Kier molecular flexibility index (Phi) is 5.99. The number of ether oxygens (including phenoxy) is 1. The van der Waals surface area contributed by atoms with E-state index in [9.17, 15) is 14.4 Å². The van der Waals surface area contributed by atoms with E-state index < -0.39 is 12.1 Å². The third kappa shape index (κ3) is 4.18. The van der Waals surface area contributed by atoms with Crippen molar-refractivity contribution in [3.05, 3.63) is 48.0 Å². The maximum atomic E-state index is 13.5. The van der Waals surface area contributed by atoms with E-state index in [1.807, 2.05) is 42.7 Å². The zero-order valence-electron chi connectivity index (χ0n) is 18.4. The van der Waals surface area contributed by atoms with Crippen molar-refractivity contribution >= 4 is 35.3 Å². The second kappa shape index (κ2) is 9.07. The summed E-state index contributed by atoms with van der Waals surface area (Å²) in [6, 6.07) is 12.3. The molecule has 2 fully saturated rings. The van der Waals surface area contributed by atoms with Crippen molar-refractivity contribution in [3.63, 3.8) is 0 Å². The lowest BCUT2D eigenvalue weighted by Gasteiger charge is -2.30. The first kappa shape index (κ1) is 21.8. The molecule has 3 aliphatic rings. The van der Waals surface area contributed by atoms with Crippen molar-refractivity contribution in [3.8, 4) is 11.1 Å². The van der Waals surface area contributed by atoms with Gasteiger partial charge in [-0.15, -0.1) is 11.8 Å². The first-order valence-corrected chi connectivity index (χ1v) is 12.3. The van der Waals surface area contributed by atoms with E-state index in [-0.39, 0.29) is 17.8 Å². The highest BCUT2D eigenvalue weighted by Gasteiger charge is 2.45. The fraction of sp³-hybridized carbons (Fsp3) is 0.375. The number of morpholine rings is 1. The van der Waals surface area contributed by atoms with Crippen LogP contribution in [0.1, 0.15) is 16.8 Å². The average molecular weight is 467 g/mol. The number of hydrogen-bond acceptors (Lipinski definition) is 5. The third-order valence-electron chi connectivity index (χ3n) is 6.47. The van der Waals surface area contributed by atoms with E-state index in [0.717, 1.165) is 11.1 Å². The van der Waals surface area contributed by atoms with Crippen LogP contribution < -0.4 is 10.6 Å². The van der Waals surface area contributed by atoms with Crippen molar-refractivity contribution in [2.75, 3.05) is 44.4 Å². The molecule has 9 heteroatoms. The summed E-state index contributed by atoms with van der Waals surface area (Å²) in [7, 11) is 0. The summed E-state index contributed by atoms with van der Waals surface area (Å²) >= 11 is 1.68. The van der Waals surface area contributed by atoms with Crippen LogP contribution in [-0.4, -0.2) is 78.8 Å². The Morgan fingerprint density at radius 1 is 1.06 bits per heavy atom. The van der Waals surface area contributed by atoms with Gasteiger partial charge in [-0.1, -0.05) is 18.2 Å². The molecule has 0 aromatic heterocycles. The van der Waals surface area contributed by atoms with Gasteiger partial charge in [-0.05, 0) is 48.1 Å². The van der Waals surface area contributed by atoms with Crippen LogP contribution in [0.3, 0.4) is 0 Å². The number of carbonyl (C=O) groups is 3. The Bertz CT molecular complexity index is 1080. The number of nitrogens with one attached hydrogen (secondary N) is 2. The van der Waals surface area contributed by atoms with Crippen molar-refractivity contribution in [1.29, 1.82) is 0 Å². The molecule has 4 amide bonds. The lowest BCUT2D eigenvalue weighted by molar-refractivity contribution is -0.120. The standard InChI is InChI=1S/C24H26N4O4S/c1-33-17-5-2-15(3-6-17)16-4-7-19-18(14-16)23(30)28-9-8-20(21(28)22(29)25-19)26-24(31)27-10-12-32-13-11-27/h2-7,14,20-21H,8-13H2,1H3,(H,25,29)(H,26,31). The third-order valence-corrected chi connectivity index (χ3v) is 7.21. The van der Waals surface area contributed by atoms with Gasteiger partial charge >= 0.3 is 6.03 Å². The topological polar surface area (TPSA) is 91.0 Å². The molecule has 0 spiro atoms. The molecule has 2 atom stereocenters. The van der Waals surface area contributed by atoms with Crippen LogP contribution in [-0.2, 0) is 9.53 Å². The number of thioether (sulfide) groups is 1. The van der Waals surface area contributed by atoms with Crippen LogP contribution in [0.15, 0.2) is 47.4 Å². The fourth-order valence-corrected chi connectivity index (χ4v) is 5.07. The van der Waals surface area contributed by atoms with Gasteiger partial charge in [-0.3, -0.25) is 9.59 Å². The maximum absolute atomic E-state index is 13.5. The Hall–Kier alpha value is -3.04. The molecular formula is C24H26N4O4S. The molecule has 0 aliphatic carbocycles. The minimum Gasteiger partial charge on any atom is -0.378 e. The van der Waals surface area contributed by atoms with Crippen molar-refractivity contribution < 1.29 is 19.1 Å². The Labute approximate surface area is 196 Å². The summed E-state index contributed by atoms with van der Waals surface area (Å²) in [5.74, 6) is -0.469. The number of anilines is 1. The van der Waals surface area contributed by atoms with Gasteiger partial charge in [0.15, 0.2) is 0 Å². The van der Waals surface area contributed by atoms with Gasteiger partial charge in [-0.25, -0.2) is 4.79 Å². The molecule has 0 bridgehead atoms. The molecule has 0 saturated carbocycles. The van der Waals surface area contributed by atoms with Crippen molar-refractivity contribution in [2.45, 2.75) is 23.4 Å². The van der Waals surface area contributed by atoms with Gasteiger partial charge in [0, 0.05) is 24.5 Å². The Balaban J connectivity index is 1.38. The van der Waals surface area contributed by atoms with Gasteiger partial charge in [0.2, 0.25) is 5.91 Å². The zero-order valence-corrected chi connectivity index (χ0v) is 19.2.